The smallest absolute Gasteiger partial charge is 0.237 e. The van der Waals surface area contributed by atoms with Crippen LogP contribution >= 0.6 is 23.1 Å². The van der Waals surface area contributed by atoms with Gasteiger partial charge in [-0.2, -0.15) is 0 Å². The largest absolute Gasteiger partial charge is 0.370 e. The molecule has 8 heteroatoms. The number of ether oxygens (including phenoxy) is 1. The summed E-state index contributed by atoms with van der Waals surface area (Å²) in [6.45, 7) is 8.66. The van der Waals surface area contributed by atoms with Crippen LogP contribution in [0.4, 0.5) is 5.69 Å². The molecule has 0 saturated carbocycles. The second kappa shape index (κ2) is 8.10. The van der Waals surface area contributed by atoms with Gasteiger partial charge in [-0.1, -0.05) is 29.5 Å². The van der Waals surface area contributed by atoms with Crippen molar-refractivity contribution in [1.29, 1.82) is 0 Å². The normalized spacial score (nSPS) is 16.1. The average molecular weight is 465 g/mol. The Balaban J connectivity index is 1.44. The minimum Gasteiger partial charge on any atom is -0.370 e. The Labute approximate surface area is 194 Å². The Kier molecular flexibility index (Phi) is 5.39. The lowest BCUT2D eigenvalue weighted by atomic mass is 9.95. The van der Waals surface area contributed by atoms with Crippen LogP contribution in [0.15, 0.2) is 41.7 Å². The summed E-state index contributed by atoms with van der Waals surface area (Å²) in [4.78, 5) is 27.7. The average Bonchev–Trinajstić information content (AvgIpc) is 3.11. The number of hydrogen-bond acceptors (Lipinski definition) is 7. The fraction of sp³-hybridized carbons (Fsp3) is 0.333. The van der Waals surface area contributed by atoms with E-state index in [9.17, 15) is 4.79 Å². The Morgan fingerprint density at radius 2 is 2.03 bits per heavy atom. The predicted octanol–water partition coefficient (Wildman–Crippen LogP) is 5.52. The van der Waals surface area contributed by atoms with E-state index in [1.54, 1.807) is 17.7 Å². The van der Waals surface area contributed by atoms with Gasteiger partial charge in [0.25, 0.3) is 0 Å². The predicted molar refractivity (Wildman–Crippen MR) is 130 cm³/mol. The van der Waals surface area contributed by atoms with Crippen LogP contribution in [0.1, 0.15) is 37.6 Å². The molecule has 0 unspecified atom stereocenters. The fourth-order valence-electron chi connectivity index (χ4n) is 3.75. The topological polar surface area (TPSA) is 77.0 Å². The highest BCUT2D eigenvalue weighted by atomic mass is 32.2. The summed E-state index contributed by atoms with van der Waals surface area (Å²) in [5.74, 6) is -0.0558. The van der Waals surface area contributed by atoms with E-state index < -0.39 is 0 Å². The van der Waals surface area contributed by atoms with Crippen molar-refractivity contribution >= 4 is 55.1 Å². The first-order chi connectivity index (χ1) is 15.3. The zero-order valence-electron chi connectivity index (χ0n) is 18.4. The van der Waals surface area contributed by atoms with Gasteiger partial charge >= 0.3 is 0 Å². The van der Waals surface area contributed by atoms with Crippen molar-refractivity contribution in [2.45, 2.75) is 56.6 Å². The van der Waals surface area contributed by atoms with Crippen molar-refractivity contribution in [3.05, 3.63) is 53.5 Å². The molecular formula is C24H24N4O2S2. The van der Waals surface area contributed by atoms with Crippen LogP contribution in [-0.2, 0) is 22.6 Å². The van der Waals surface area contributed by atoms with Gasteiger partial charge in [-0.05, 0) is 45.9 Å². The molecule has 4 aromatic rings. The minimum atomic E-state index is -0.310. The maximum Gasteiger partial charge on any atom is 0.237 e. The summed E-state index contributed by atoms with van der Waals surface area (Å²) in [5, 5.41) is 4.50. The van der Waals surface area contributed by atoms with Gasteiger partial charge in [0.05, 0.1) is 33.4 Å². The van der Waals surface area contributed by atoms with E-state index in [4.69, 9.17) is 9.72 Å². The molecule has 164 valence electrons. The molecule has 3 aromatic heterocycles. The van der Waals surface area contributed by atoms with Crippen molar-refractivity contribution in [3.8, 4) is 0 Å². The summed E-state index contributed by atoms with van der Waals surface area (Å²) < 4.78 is 6.94. The van der Waals surface area contributed by atoms with E-state index in [0.717, 1.165) is 54.4 Å². The number of nitrogens with zero attached hydrogens (tertiary/aromatic N) is 3. The monoisotopic (exact) mass is 464 g/mol. The number of pyridine rings is 1. The number of rotatable bonds is 4. The summed E-state index contributed by atoms with van der Waals surface area (Å²) in [5.41, 5.74) is 4.84. The lowest BCUT2D eigenvalue weighted by Crippen LogP contribution is -2.32. The van der Waals surface area contributed by atoms with Crippen LogP contribution in [0.5, 0.6) is 0 Å². The number of carbonyl (C=O) groups excluding carboxylic acids is 1. The Morgan fingerprint density at radius 1 is 1.25 bits per heavy atom. The van der Waals surface area contributed by atoms with Gasteiger partial charge in [-0.25, -0.2) is 15.0 Å². The second-order valence-electron chi connectivity index (χ2n) is 8.75. The molecule has 1 amide bonds. The van der Waals surface area contributed by atoms with Gasteiger partial charge in [0, 0.05) is 23.1 Å². The molecular weight excluding hydrogens is 440 g/mol. The summed E-state index contributed by atoms with van der Waals surface area (Å²) >= 11 is 3.04. The van der Waals surface area contributed by atoms with Gasteiger partial charge < -0.3 is 10.1 Å². The summed E-state index contributed by atoms with van der Waals surface area (Å²) in [6.07, 6.45) is 2.36. The Morgan fingerprint density at radius 3 is 2.81 bits per heavy atom. The molecule has 0 aliphatic carbocycles. The zero-order valence-corrected chi connectivity index (χ0v) is 20.1. The van der Waals surface area contributed by atoms with Crippen LogP contribution < -0.4 is 5.32 Å². The number of hydrogen-bond donors (Lipinski definition) is 1. The molecule has 5 rings (SSSR count). The van der Waals surface area contributed by atoms with Crippen molar-refractivity contribution in [3.63, 3.8) is 0 Å². The van der Waals surface area contributed by atoms with E-state index in [1.165, 1.54) is 11.8 Å². The van der Waals surface area contributed by atoms with Crippen LogP contribution in [0, 0.1) is 6.92 Å². The molecule has 1 aliphatic heterocycles. The van der Waals surface area contributed by atoms with E-state index >= 15 is 0 Å². The highest BCUT2D eigenvalue weighted by molar-refractivity contribution is 8.00. The van der Waals surface area contributed by atoms with Crippen LogP contribution in [0.3, 0.4) is 0 Å². The van der Waals surface area contributed by atoms with E-state index in [-0.39, 0.29) is 16.8 Å². The highest BCUT2D eigenvalue weighted by Crippen LogP contribution is 2.39. The Bertz CT molecular complexity index is 1330. The van der Waals surface area contributed by atoms with Gasteiger partial charge in [0.15, 0.2) is 0 Å². The third-order valence-corrected chi connectivity index (χ3v) is 7.89. The third kappa shape index (κ3) is 4.10. The number of benzene rings is 1. The number of carbonyl (C=O) groups is 1. The SMILES string of the molecule is Cc1ccc(NC(=O)[C@H](C)Sc2ncnc3c2sc2nc4c(cc23)COC(C)(C)C4)cc1. The molecule has 6 nitrogen and oxygen atoms in total. The second-order valence-corrected chi connectivity index (χ2v) is 11.1. The van der Waals surface area contributed by atoms with Crippen molar-refractivity contribution in [2.24, 2.45) is 0 Å². The molecule has 0 fully saturated rings. The summed E-state index contributed by atoms with van der Waals surface area (Å²) in [6, 6.07) is 9.95. The number of thioether (sulfide) groups is 1. The van der Waals surface area contributed by atoms with Gasteiger partial charge in [0.2, 0.25) is 5.91 Å². The fourth-order valence-corrected chi connectivity index (χ4v) is 5.85. The molecule has 1 atom stereocenters. The molecule has 0 saturated heterocycles. The number of amides is 1. The van der Waals surface area contributed by atoms with Crippen LogP contribution in [-0.4, -0.2) is 31.7 Å². The molecule has 4 heterocycles. The first kappa shape index (κ1) is 21.3. The summed E-state index contributed by atoms with van der Waals surface area (Å²) in [7, 11) is 0. The first-order valence-electron chi connectivity index (χ1n) is 10.5. The van der Waals surface area contributed by atoms with Crippen LogP contribution in [0.25, 0.3) is 20.4 Å². The van der Waals surface area contributed by atoms with Crippen molar-refractivity contribution in [1.82, 2.24) is 15.0 Å². The number of nitrogens with one attached hydrogen (secondary N) is 1. The van der Waals surface area contributed by atoms with Crippen molar-refractivity contribution < 1.29 is 9.53 Å². The number of anilines is 1. The van der Waals surface area contributed by atoms with Gasteiger partial charge in [-0.3, -0.25) is 4.79 Å². The number of aromatic nitrogens is 3. The Hall–Kier alpha value is -2.55. The molecule has 0 spiro atoms. The number of thiophene rings is 1. The molecule has 1 aromatic carbocycles. The standard InChI is InChI=1S/C24H24N4O2S2/c1-13-5-7-16(8-6-13)27-21(29)14(2)31-23-20-19(25-12-26-23)17-9-15-11-30-24(3,4)10-18(15)28-22(17)32-20/h5-9,12,14H,10-11H2,1-4H3,(H,27,29)/t14-/m0/s1. The van der Waals surface area contributed by atoms with Crippen LogP contribution in [0.2, 0.25) is 0 Å². The lowest BCUT2D eigenvalue weighted by molar-refractivity contribution is -0.115. The third-order valence-electron chi connectivity index (χ3n) is 5.57. The number of aryl methyl sites for hydroxylation is 1. The highest BCUT2D eigenvalue weighted by Gasteiger charge is 2.28. The van der Waals surface area contributed by atoms with Crippen molar-refractivity contribution in [2.75, 3.05) is 5.32 Å². The van der Waals surface area contributed by atoms with E-state index in [0.29, 0.717) is 6.61 Å². The molecule has 0 radical (unpaired) electrons. The maximum atomic E-state index is 12.7. The molecule has 1 aliphatic rings. The minimum absolute atomic E-state index is 0.0558. The van der Waals surface area contributed by atoms with E-state index in [1.807, 2.05) is 38.1 Å². The molecule has 1 N–H and O–H groups in total. The zero-order chi connectivity index (χ0) is 22.5. The van der Waals surface area contributed by atoms with Gasteiger partial charge in [-0.15, -0.1) is 11.3 Å². The first-order valence-corrected chi connectivity index (χ1v) is 12.2. The maximum absolute atomic E-state index is 12.7. The molecule has 32 heavy (non-hydrogen) atoms. The van der Waals surface area contributed by atoms with E-state index in [2.05, 4.69) is 35.2 Å². The quantitative estimate of drug-likeness (QED) is 0.317. The number of fused-ring (bicyclic) bond motifs is 4. The lowest BCUT2D eigenvalue weighted by Gasteiger charge is -2.30. The molecule has 0 bridgehead atoms. The van der Waals surface area contributed by atoms with Gasteiger partial charge in [0.1, 0.15) is 16.2 Å².